The molecule has 1 heterocycles. The maximum absolute atomic E-state index is 5.33. The Balaban J connectivity index is 2.87. The lowest BCUT2D eigenvalue weighted by Gasteiger charge is -1.97. The molecule has 1 aromatic rings. The highest BCUT2D eigenvalue weighted by molar-refractivity contribution is 5.04. The summed E-state index contributed by atoms with van der Waals surface area (Å²) in [6.07, 6.45) is 1.62. The van der Waals surface area contributed by atoms with Gasteiger partial charge in [-0.15, -0.1) is 0 Å². The molecule has 0 spiro atoms. The van der Waals surface area contributed by atoms with Gasteiger partial charge in [-0.2, -0.15) is 4.98 Å². The monoisotopic (exact) mass is 139 g/mol. The van der Waals surface area contributed by atoms with E-state index in [9.17, 15) is 0 Å². The van der Waals surface area contributed by atoms with Crippen molar-refractivity contribution in [3.63, 3.8) is 0 Å². The predicted molar refractivity (Wildman–Crippen MR) is 36.5 cm³/mol. The van der Waals surface area contributed by atoms with Crippen molar-refractivity contribution in [2.75, 3.05) is 7.11 Å². The first-order valence-electron chi connectivity index (χ1n) is 2.93. The third kappa shape index (κ3) is 1.41. The van der Waals surface area contributed by atoms with E-state index in [1.807, 2.05) is 0 Å². The minimum Gasteiger partial charge on any atom is -0.467 e. The van der Waals surface area contributed by atoms with Gasteiger partial charge >= 0.3 is 6.01 Å². The zero-order valence-corrected chi connectivity index (χ0v) is 5.74. The quantitative estimate of drug-likeness (QED) is 0.623. The molecule has 0 unspecified atom stereocenters. The van der Waals surface area contributed by atoms with Crippen LogP contribution in [-0.4, -0.2) is 17.1 Å². The largest absolute Gasteiger partial charge is 0.467 e. The van der Waals surface area contributed by atoms with Gasteiger partial charge in [-0.1, -0.05) is 0 Å². The van der Waals surface area contributed by atoms with E-state index >= 15 is 0 Å². The molecule has 0 aromatic carbocycles. The zero-order valence-electron chi connectivity index (χ0n) is 5.74. The summed E-state index contributed by atoms with van der Waals surface area (Å²) < 4.78 is 4.78. The molecule has 0 atom stereocenters. The standard InChI is InChI=1S/C6H9N3O/c1-10-6-8-3-2-5(4-7)9-6/h2-3H,4,7H2,1H3. The van der Waals surface area contributed by atoms with Crippen LogP contribution in [0.1, 0.15) is 5.69 Å². The van der Waals surface area contributed by atoms with Crippen molar-refractivity contribution in [3.05, 3.63) is 18.0 Å². The molecule has 0 amide bonds. The molecule has 0 radical (unpaired) electrons. The Bertz CT molecular complexity index is 195. The summed E-state index contributed by atoms with van der Waals surface area (Å²) in [6.45, 7) is 0.416. The topological polar surface area (TPSA) is 61.0 Å². The van der Waals surface area contributed by atoms with Gasteiger partial charge in [-0.3, -0.25) is 0 Å². The lowest BCUT2D eigenvalue weighted by molar-refractivity contribution is 0.378. The van der Waals surface area contributed by atoms with Crippen LogP contribution in [0.2, 0.25) is 0 Å². The van der Waals surface area contributed by atoms with Gasteiger partial charge < -0.3 is 10.5 Å². The van der Waals surface area contributed by atoms with E-state index in [2.05, 4.69) is 9.97 Å². The molecule has 54 valence electrons. The van der Waals surface area contributed by atoms with E-state index in [1.54, 1.807) is 12.3 Å². The lowest BCUT2D eigenvalue weighted by Crippen LogP contribution is -2.01. The molecule has 1 aromatic heterocycles. The van der Waals surface area contributed by atoms with Crippen LogP contribution >= 0.6 is 0 Å². The fraction of sp³-hybridized carbons (Fsp3) is 0.333. The van der Waals surface area contributed by atoms with Crippen LogP contribution in [0.25, 0.3) is 0 Å². The smallest absolute Gasteiger partial charge is 0.316 e. The third-order valence-electron chi connectivity index (χ3n) is 1.08. The fourth-order valence-corrected chi connectivity index (χ4v) is 0.588. The summed E-state index contributed by atoms with van der Waals surface area (Å²) in [6, 6.07) is 2.12. The van der Waals surface area contributed by atoms with Gasteiger partial charge in [0.1, 0.15) is 0 Å². The number of rotatable bonds is 2. The maximum atomic E-state index is 5.33. The highest BCUT2D eigenvalue weighted by atomic mass is 16.5. The van der Waals surface area contributed by atoms with Crippen molar-refractivity contribution < 1.29 is 4.74 Å². The molecule has 1 rings (SSSR count). The SMILES string of the molecule is COc1nccc(CN)n1. The summed E-state index contributed by atoms with van der Waals surface area (Å²) in [4.78, 5) is 7.77. The Morgan fingerprint density at radius 3 is 3.10 bits per heavy atom. The van der Waals surface area contributed by atoms with Crippen LogP contribution < -0.4 is 10.5 Å². The van der Waals surface area contributed by atoms with Crippen LogP contribution in [0.5, 0.6) is 6.01 Å². The van der Waals surface area contributed by atoms with E-state index < -0.39 is 0 Å². The molecule has 10 heavy (non-hydrogen) atoms. The Morgan fingerprint density at radius 2 is 2.50 bits per heavy atom. The summed E-state index contributed by atoms with van der Waals surface area (Å²) in [7, 11) is 1.52. The molecule has 0 saturated heterocycles. The predicted octanol–water partition coefficient (Wildman–Crippen LogP) is -0.0561. The minimum atomic E-state index is 0.364. The van der Waals surface area contributed by atoms with E-state index in [0.717, 1.165) is 5.69 Å². The Labute approximate surface area is 59.1 Å². The molecule has 0 fully saturated rings. The number of nitrogens with two attached hydrogens (primary N) is 1. The summed E-state index contributed by atoms with van der Waals surface area (Å²) >= 11 is 0. The molecule has 0 aliphatic rings. The highest BCUT2D eigenvalue weighted by Crippen LogP contribution is 1.99. The van der Waals surface area contributed by atoms with E-state index in [-0.39, 0.29) is 0 Å². The number of ether oxygens (including phenoxy) is 1. The third-order valence-corrected chi connectivity index (χ3v) is 1.08. The maximum Gasteiger partial charge on any atom is 0.316 e. The number of hydrogen-bond donors (Lipinski definition) is 1. The first kappa shape index (κ1) is 6.95. The first-order valence-corrected chi connectivity index (χ1v) is 2.93. The average molecular weight is 139 g/mol. The summed E-state index contributed by atoms with van der Waals surface area (Å²) in [5.74, 6) is 0. The molecule has 4 nitrogen and oxygen atoms in total. The van der Waals surface area contributed by atoms with Crippen LogP contribution in [-0.2, 0) is 6.54 Å². The van der Waals surface area contributed by atoms with Gasteiger partial charge in [0.25, 0.3) is 0 Å². The number of methoxy groups -OCH3 is 1. The average Bonchev–Trinajstić information content (AvgIpc) is 2.05. The molecule has 4 heteroatoms. The highest BCUT2D eigenvalue weighted by Gasteiger charge is 1.94. The van der Waals surface area contributed by atoms with Crippen LogP contribution in [0, 0.1) is 0 Å². The van der Waals surface area contributed by atoms with Crippen LogP contribution in [0.15, 0.2) is 12.3 Å². The second kappa shape index (κ2) is 3.12. The molecule has 2 N–H and O–H groups in total. The van der Waals surface area contributed by atoms with Crippen molar-refractivity contribution in [2.24, 2.45) is 5.73 Å². The van der Waals surface area contributed by atoms with Crippen molar-refractivity contribution in [2.45, 2.75) is 6.54 Å². The van der Waals surface area contributed by atoms with Crippen molar-refractivity contribution >= 4 is 0 Å². The Kier molecular flexibility index (Phi) is 2.17. The van der Waals surface area contributed by atoms with Crippen molar-refractivity contribution in [3.8, 4) is 6.01 Å². The lowest BCUT2D eigenvalue weighted by atomic mass is 10.4. The second-order valence-electron chi connectivity index (χ2n) is 1.74. The second-order valence-corrected chi connectivity index (χ2v) is 1.74. The Hall–Kier alpha value is -1.16. The van der Waals surface area contributed by atoms with Crippen molar-refractivity contribution in [1.82, 2.24) is 9.97 Å². The molecular weight excluding hydrogens is 130 g/mol. The van der Waals surface area contributed by atoms with E-state index in [4.69, 9.17) is 10.5 Å². The minimum absolute atomic E-state index is 0.364. The molecular formula is C6H9N3O. The summed E-state index contributed by atoms with van der Waals surface area (Å²) in [5.41, 5.74) is 6.11. The van der Waals surface area contributed by atoms with Gasteiger partial charge in [0, 0.05) is 12.7 Å². The fourth-order valence-electron chi connectivity index (χ4n) is 0.588. The van der Waals surface area contributed by atoms with Gasteiger partial charge in [-0.25, -0.2) is 4.98 Å². The number of nitrogens with zero attached hydrogens (tertiary/aromatic N) is 2. The molecule has 0 saturated carbocycles. The first-order chi connectivity index (χ1) is 4.86. The Morgan fingerprint density at radius 1 is 1.70 bits per heavy atom. The normalized spacial score (nSPS) is 9.40. The number of hydrogen-bond acceptors (Lipinski definition) is 4. The molecule has 0 aliphatic heterocycles. The van der Waals surface area contributed by atoms with Gasteiger partial charge in [0.15, 0.2) is 0 Å². The molecule has 0 bridgehead atoms. The van der Waals surface area contributed by atoms with Gasteiger partial charge in [-0.05, 0) is 6.07 Å². The summed E-state index contributed by atoms with van der Waals surface area (Å²) in [5, 5.41) is 0. The van der Waals surface area contributed by atoms with Crippen LogP contribution in [0.3, 0.4) is 0 Å². The van der Waals surface area contributed by atoms with E-state index in [0.29, 0.717) is 12.6 Å². The number of aromatic nitrogens is 2. The van der Waals surface area contributed by atoms with Crippen molar-refractivity contribution in [1.29, 1.82) is 0 Å². The zero-order chi connectivity index (χ0) is 7.40. The van der Waals surface area contributed by atoms with Gasteiger partial charge in [0.05, 0.1) is 12.8 Å². The van der Waals surface area contributed by atoms with E-state index in [1.165, 1.54) is 7.11 Å². The van der Waals surface area contributed by atoms with Crippen LogP contribution in [0.4, 0.5) is 0 Å². The van der Waals surface area contributed by atoms with Gasteiger partial charge in [0.2, 0.25) is 0 Å². The molecule has 0 aliphatic carbocycles.